The number of para-hydroxylation sites is 1. The second kappa shape index (κ2) is 10.4. The lowest BCUT2D eigenvalue weighted by atomic mass is 10.3. The molecule has 2 N–H and O–H groups in total. The zero-order valence-corrected chi connectivity index (χ0v) is 17.8. The van der Waals surface area contributed by atoms with Gasteiger partial charge in [0.25, 0.3) is 5.76 Å². The van der Waals surface area contributed by atoms with Gasteiger partial charge in [-0.3, -0.25) is 4.79 Å². The fourth-order valence-electron chi connectivity index (χ4n) is 2.88. The van der Waals surface area contributed by atoms with Crippen LogP contribution in [-0.2, 0) is 19.6 Å². The normalized spacial score (nSPS) is 15.1. The SMILES string of the molecule is O=C(CNc1ccc(F)c(S(=O)(=O)N2CCOCC2)c1)Nc1ccccc1SC(F)F. The van der Waals surface area contributed by atoms with Crippen molar-refractivity contribution in [2.75, 3.05) is 43.5 Å². The third-order valence-electron chi connectivity index (χ3n) is 4.35. The van der Waals surface area contributed by atoms with Gasteiger partial charge in [-0.2, -0.15) is 13.1 Å². The van der Waals surface area contributed by atoms with Crippen molar-refractivity contribution in [1.29, 1.82) is 0 Å². The molecule has 1 fully saturated rings. The molecule has 1 aliphatic rings. The molecule has 1 amide bonds. The Kier molecular flexibility index (Phi) is 7.81. The van der Waals surface area contributed by atoms with Gasteiger partial charge in [0.15, 0.2) is 0 Å². The maximum Gasteiger partial charge on any atom is 0.288 e. The number of amides is 1. The first-order chi connectivity index (χ1) is 14.8. The van der Waals surface area contributed by atoms with Crippen LogP contribution < -0.4 is 10.6 Å². The van der Waals surface area contributed by atoms with E-state index in [4.69, 9.17) is 4.74 Å². The summed E-state index contributed by atoms with van der Waals surface area (Å²) in [6, 6.07) is 9.56. The number of benzene rings is 2. The number of anilines is 2. The molecule has 0 unspecified atom stereocenters. The average molecular weight is 476 g/mol. The number of ether oxygens (including phenoxy) is 1. The van der Waals surface area contributed by atoms with E-state index in [1.165, 1.54) is 18.2 Å². The van der Waals surface area contributed by atoms with Crippen molar-refractivity contribution in [3.8, 4) is 0 Å². The van der Waals surface area contributed by atoms with Gasteiger partial charge in [-0.1, -0.05) is 23.9 Å². The van der Waals surface area contributed by atoms with Gasteiger partial charge < -0.3 is 15.4 Å². The number of nitrogens with zero attached hydrogens (tertiary/aromatic N) is 1. The summed E-state index contributed by atoms with van der Waals surface area (Å²) in [5.41, 5.74) is 0.452. The summed E-state index contributed by atoms with van der Waals surface area (Å²) in [5.74, 6) is -4.08. The number of sulfonamides is 1. The van der Waals surface area contributed by atoms with Crippen molar-refractivity contribution in [2.45, 2.75) is 15.5 Å². The highest BCUT2D eigenvalue weighted by Crippen LogP contribution is 2.31. The Bertz CT molecular complexity index is 1030. The molecule has 1 heterocycles. The lowest BCUT2D eigenvalue weighted by Gasteiger charge is -2.26. The predicted octanol–water partition coefficient (Wildman–Crippen LogP) is 3.21. The molecule has 31 heavy (non-hydrogen) atoms. The smallest absolute Gasteiger partial charge is 0.288 e. The Morgan fingerprint density at radius 2 is 1.87 bits per heavy atom. The molecule has 0 aromatic heterocycles. The Morgan fingerprint density at radius 3 is 2.58 bits per heavy atom. The van der Waals surface area contributed by atoms with Gasteiger partial charge in [0.05, 0.1) is 25.4 Å². The number of carbonyl (C=O) groups excluding carboxylic acids is 1. The third kappa shape index (κ3) is 6.12. The largest absolute Gasteiger partial charge is 0.379 e. The minimum Gasteiger partial charge on any atom is -0.379 e. The molecular formula is C19H20F3N3O4S2. The van der Waals surface area contributed by atoms with E-state index >= 15 is 0 Å². The predicted molar refractivity (Wildman–Crippen MR) is 111 cm³/mol. The van der Waals surface area contributed by atoms with Crippen molar-refractivity contribution in [3.05, 3.63) is 48.3 Å². The molecule has 1 aliphatic heterocycles. The van der Waals surface area contributed by atoms with Crippen LogP contribution in [0.1, 0.15) is 0 Å². The van der Waals surface area contributed by atoms with Crippen molar-refractivity contribution in [3.63, 3.8) is 0 Å². The first kappa shape index (κ1) is 23.4. The van der Waals surface area contributed by atoms with Gasteiger partial charge in [0.1, 0.15) is 10.7 Å². The lowest BCUT2D eigenvalue weighted by Crippen LogP contribution is -2.40. The molecule has 0 bridgehead atoms. The molecule has 0 spiro atoms. The Morgan fingerprint density at radius 1 is 1.16 bits per heavy atom. The molecule has 0 saturated carbocycles. The Balaban J connectivity index is 1.67. The highest BCUT2D eigenvalue weighted by atomic mass is 32.2. The van der Waals surface area contributed by atoms with E-state index in [0.717, 1.165) is 16.4 Å². The van der Waals surface area contributed by atoms with E-state index < -0.39 is 32.4 Å². The van der Waals surface area contributed by atoms with Crippen LogP contribution in [0.3, 0.4) is 0 Å². The maximum atomic E-state index is 14.2. The number of morpholine rings is 1. The number of hydrogen-bond donors (Lipinski definition) is 2. The molecule has 3 rings (SSSR count). The number of halogens is 3. The average Bonchev–Trinajstić information content (AvgIpc) is 2.74. The van der Waals surface area contributed by atoms with Gasteiger partial charge in [-0.15, -0.1) is 0 Å². The molecule has 12 heteroatoms. The van der Waals surface area contributed by atoms with Crippen LogP contribution in [0.4, 0.5) is 24.5 Å². The van der Waals surface area contributed by atoms with Crippen molar-refractivity contribution >= 4 is 39.1 Å². The van der Waals surface area contributed by atoms with Crippen LogP contribution in [0.5, 0.6) is 0 Å². The first-order valence-corrected chi connectivity index (χ1v) is 11.5. The highest BCUT2D eigenvalue weighted by Gasteiger charge is 2.29. The fourth-order valence-corrected chi connectivity index (χ4v) is 4.98. The van der Waals surface area contributed by atoms with Gasteiger partial charge in [-0.25, -0.2) is 12.8 Å². The minimum absolute atomic E-state index is 0.123. The van der Waals surface area contributed by atoms with E-state index in [9.17, 15) is 26.4 Å². The van der Waals surface area contributed by atoms with E-state index in [0.29, 0.717) is 11.8 Å². The van der Waals surface area contributed by atoms with Crippen LogP contribution in [0.15, 0.2) is 52.3 Å². The van der Waals surface area contributed by atoms with Gasteiger partial charge >= 0.3 is 0 Å². The molecule has 2 aromatic carbocycles. The zero-order chi connectivity index (χ0) is 22.4. The summed E-state index contributed by atoms with van der Waals surface area (Å²) in [4.78, 5) is 11.9. The number of carbonyl (C=O) groups is 1. The summed E-state index contributed by atoms with van der Waals surface area (Å²) < 4.78 is 71.3. The fraction of sp³-hybridized carbons (Fsp3) is 0.316. The van der Waals surface area contributed by atoms with Gasteiger partial charge in [0.2, 0.25) is 15.9 Å². The van der Waals surface area contributed by atoms with Crippen LogP contribution in [0.25, 0.3) is 0 Å². The quantitative estimate of drug-likeness (QED) is 0.570. The molecule has 1 saturated heterocycles. The second-order valence-electron chi connectivity index (χ2n) is 6.44. The van der Waals surface area contributed by atoms with Crippen LogP contribution in [0, 0.1) is 5.82 Å². The van der Waals surface area contributed by atoms with Crippen molar-refractivity contribution in [1.82, 2.24) is 4.31 Å². The highest BCUT2D eigenvalue weighted by molar-refractivity contribution is 7.99. The number of alkyl halides is 2. The standard InChI is InChI=1S/C19H20F3N3O4S2/c20-14-6-5-13(11-17(14)31(27,28)25-7-9-29-10-8-25)23-12-18(26)24-15-3-1-2-4-16(15)30-19(21)22/h1-6,11,19,23H,7-10,12H2,(H,24,26). The molecule has 0 atom stereocenters. The summed E-state index contributed by atoms with van der Waals surface area (Å²) >= 11 is 0.311. The van der Waals surface area contributed by atoms with E-state index in [2.05, 4.69) is 10.6 Å². The van der Waals surface area contributed by atoms with Crippen LogP contribution in [0.2, 0.25) is 0 Å². The van der Waals surface area contributed by atoms with Gasteiger partial charge in [-0.05, 0) is 30.3 Å². The molecule has 0 radical (unpaired) electrons. The first-order valence-electron chi connectivity index (χ1n) is 9.22. The van der Waals surface area contributed by atoms with Crippen LogP contribution >= 0.6 is 11.8 Å². The maximum absolute atomic E-state index is 14.2. The molecule has 2 aromatic rings. The molecule has 168 valence electrons. The summed E-state index contributed by atoms with van der Waals surface area (Å²) in [5, 5.41) is 5.25. The van der Waals surface area contributed by atoms with Crippen molar-refractivity contribution < 1.29 is 31.1 Å². The molecule has 0 aliphatic carbocycles. The number of thioether (sulfide) groups is 1. The minimum atomic E-state index is -4.06. The van der Waals surface area contributed by atoms with Gasteiger partial charge in [0, 0.05) is 23.7 Å². The topological polar surface area (TPSA) is 87.7 Å². The number of hydrogen-bond acceptors (Lipinski definition) is 6. The summed E-state index contributed by atoms with van der Waals surface area (Å²) in [7, 11) is -4.06. The lowest BCUT2D eigenvalue weighted by molar-refractivity contribution is -0.114. The Hall–Kier alpha value is -2.28. The molecular weight excluding hydrogens is 455 g/mol. The Labute approximate surface area is 182 Å². The van der Waals surface area contributed by atoms with Crippen molar-refractivity contribution in [2.24, 2.45) is 0 Å². The third-order valence-corrected chi connectivity index (χ3v) is 7.05. The number of rotatable bonds is 8. The monoisotopic (exact) mass is 475 g/mol. The summed E-state index contributed by atoms with van der Waals surface area (Å²) in [6.45, 7) is 0.417. The van der Waals surface area contributed by atoms with E-state index in [1.54, 1.807) is 12.1 Å². The number of nitrogens with one attached hydrogen (secondary N) is 2. The second-order valence-corrected chi connectivity index (χ2v) is 9.38. The molecule has 7 nitrogen and oxygen atoms in total. The zero-order valence-electron chi connectivity index (χ0n) is 16.2. The van der Waals surface area contributed by atoms with E-state index in [1.807, 2.05) is 0 Å². The summed E-state index contributed by atoms with van der Waals surface area (Å²) in [6.07, 6.45) is 0. The van der Waals surface area contributed by atoms with Crippen LogP contribution in [-0.4, -0.2) is 57.2 Å². The van der Waals surface area contributed by atoms with E-state index in [-0.39, 0.29) is 49.1 Å².